The Morgan fingerprint density at radius 2 is 1.89 bits per heavy atom. The molecule has 1 fully saturated rings. The normalized spacial score (nSPS) is 15.7. The van der Waals surface area contributed by atoms with Crippen LogP contribution in [-0.2, 0) is 9.53 Å². The minimum absolute atomic E-state index is 0.251. The molecular formula is C21H23NO5. The third kappa shape index (κ3) is 4.11. The summed E-state index contributed by atoms with van der Waals surface area (Å²) in [5, 5.41) is 12.3. The number of para-hydroxylation sites is 1. The van der Waals surface area contributed by atoms with Gasteiger partial charge in [-0.1, -0.05) is 30.3 Å². The Hall–Kier alpha value is -2.86. The lowest BCUT2D eigenvalue weighted by molar-refractivity contribution is -0.148. The molecule has 1 aliphatic rings. The maximum Gasteiger partial charge on any atom is 0.329 e. The zero-order chi connectivity index (χ0) is 19.3. The maximum absolute atomic E-state index is 12.8. The van der Waals surface area contributed by atoms with Crippen LogP contribution in [0.4, 0.5) is 0 Å². The molecule has 1 saturated heterocycles. The van der Waals surface area contributed by atoms with Crippen molar-refractivity contribution >= 4 is 11.9 Å². The molecule has 3 rings (SSSR count). The average Bonchev–Trinajstić information content (AvgIpc) is 2.69. The summed E-state index contributed by atoms with van der Waals surface area (Å²) >= 11 is 0. The first-order chi connectivity index (χ1) is 13.1. The van der Waals surface area contributed by atoms with Crippen molar-refractivity contribution in [1.29, 1.82) is 0 Å². The fourth-order valence-corrected chi connectivity index (χ4v) is 3.22. The predicted molar refractivity (Wildman–Crippen MR) is 101 cm³/mol. The number of amides is 1. The lowest BCUT2D eigenvalue weighted by Gasteiger charge is -2.33. The van der Waals surface area contributed by atoms with E-state index in [0.717, 1.165) is 16.9 Å². The topological polar surface area (TPSA) is 84.9 Å². The molecule has 1 heterocycles. The van der Waals surface area contributed by atoms with E-state index in [4.69, 9.17) is 9.47 Å². The third-order valence-corrected chi connectivity index (χ3v) is 4.73. The highest BCUT2D eigenvalue weighted by Crippen LogP contribution is 2.30. The number of carboxylic acid groups (broad SMARTS) is 1. The lowest BCUT2D eigenvalue weighted by atomic mass is 9.89. The summed E-state index contributed by atoms with van der Waals surface area (Å²) in [7, 11) is 0. The number of ether oxygens (including phenoxy) is 2. The number of hydrogen-bond acceptors (Lipinski definition) is 4. The Morgan fingerprint density at radius 1 is 1.15 bits per heavy atom. The van der Waals surface area contributed by atoms with Crippen LogP contribution < -0.4 is 10.1 Å². The van der Waals surface area contributed by atoms with E-state index in [1.807, 2.05) is 37.3 Å². The van der Waals surface area contributed by atoms with Gasteiger partial charge in [-0.25, -0.2) is 4.79 Å². The minimum Gasteiger partial charge on any atom is -0.493 e. The van der Waals surface area contributed by atoms with Crippen LogP contribution in [0.5, 0.6) is 5.75 Å². The highest BCUT2D eigenvalue weighted by Gasteiger charge is 2.41. The third-order valence-electron chi connectivity index (χ3n) is 4.73. The van der Waals surface area contributed by atoms with Gasteiger partial charge in [-0.3, -0.25) is 4.79 Å². The molecule has 0 aliphatic carbocycles. The van der Waals surface area contributed by atoms with Crippen LogP contribution in [0.15, 0.2) is 48.5 Å². The predicted octanol–water partition coefficient (Wildman–Crippen LogP) is 3.12. The number of nitrogens with one attached hydrogen (secondary N) is 1. The molecule has 0 aromatic heterocycles. The molecule has 0 saturated carbocycles. The SMILES string of the molecule is CCOc1ccccc1-c1cccc(C(=O)NC2(C(=O)O)CCOCC2)c1. The second kappa shape index (κ2) is 8.22. The fourth-order valence-electron chi connectivity index (χ4n) is 3.22. The maximum atomic E-state index is 12.8. The largest absolute Gasteiger partial charge is 0.493 e. The summed E-state index contributed by atoms with van der Waals surface area (Å²) in [5.41, 5.74) is 0.844. The van der Waals surface area contributed by atoms with Gasteiger partial charge in [0.25, 0.3) is 5.91 Å². The van der Waals surface area contributed by atoms with E-state index >= 15 is 0 Å². The first-order valence-corrected chi connectivity index (χ1v) is 9.01. The van der Waals surface area contributed by atoms with Gasteiger partial charge in [-0.05, 0) is 30.7 Å². The molecule has 2 aromatic carbocycles. The number of benzene rings is 2. The van der Waals surface area contributed by atoms with Crippen LogP contribution in [-0.4, -0.2) is 42.3 Å². The van der Waals surface area contributed by atoms with Gasteiger partial charge in [0.15, 0.2) is 0 Å². The summed E-state index contributed by atoms with van der Waals surface area (Å²) in [6.45, 7) is 3.09. The quantitative estimate of drug-likeness (QED) is 0.817. The highest BCUT2D eigenvalue weighted by atomic mass is 16.5. The van der Waals surface area contributed by atoms with Gasteiger partial charge in [0, 0.05) is 37.2 Å². The zero-order valence-electron chi connectivity index (χ0n) is 15.2. The Balaban J connectivity index is 1.87. The van der Waals surface area contributed by atoms with Crippen molar-refractivity contribution in [2.24, 2.45) is 0 Å². The molecule has 27 heavy (non-hydrogen) atoms. The molecular weight excluding hydrogens is 346 g/mol. The Morgan fingerprint density at radius 3 is 2.59 bits per heavy atom. The highest BCUT2D eigenvalue weighted by molar-refractivity contribution is 5.99. The second-order valence-electron chi connectivity index (χ2n) is 6.46. The fraction of sp³-hybridized carbons (Fsp3) is 0.333. The van der Waals surface area contributed by atoms with Crippen molar-refractivity contribution in [1.82, 2.24) is 5.32 Å². The molecule has 2 aromatic rings. The van der Waals surface area contributed by atoms with E-state index < -0.39 is 17.4 Å². The van der Waals surface area contributed by atoms with Crippen molar-refractivity contribution in [2.45, 2.75) is 25.3 Å². The molecule has 1 amide bonds. The van der Waals surface area contributed by atoms with Crippen LogP contribution in [0.1, 0.15) is 30.1 Å². The summed E-state index contributed by atoms with van der Waals surface area (Å²) < 4.78 is 10.9. The molecule has 0 spiro atoms. The summed E-state index contributed by atoms with van der Waals surface area (Å²) in [5.74, 6) is -0.698. The smallest absolute Gasteiger partial charge is 0.329 e. The Bertz CT molecular complexity index is 827. The van der Waals surface area contributed by atoms with Gasteiger partial charge in [-0.2, -0.15) is 0 Å². The van der Waals surface area contributed by atoms with Crippen molar-refractivity contribution < 1.29 is 24.2 Å². The molecule has 1 aliphatic heterocycles. The number of aliphatic carboxylic acids is 1. The van der Waals surface area contributed by atoms with E-state index in [9.17, 15) is 14.7 Å². The van der Waals surface area contributed by atoms with Gasteiger partial charge < -0.3 is 19.9 Å². The number of carbonyl (C=O) groups is 2. The number of carboxylic acids is 1. The zero-order valence-corrected chi connectivity index (χ0v) is 15.2. The average molecular weight is 369 g/mol. The van der Waals surface area contributed by atoms with Crippen molar-refractivity contribution in [2.75, 3.05) is 19.8 Å². The standard InChI is InChI=1S/C21H23NO5/c1-2-27-18-9-4-3-8-17(18)15-6-5-7-16(14-15)19(23)22-21(20(24)25)10-12-26-13-11-21/h3-9,14H,2,10-13H2,1H3,(H,22,23)(H,24,25). The molecule has 0 atom stereocenters. The molecule has 6 nitrogen and oxygen atoms in total. The van der Waals surface area contributed by atoms with Gasteiger partial charge >= 0.3 is 5.97 Å². The molecule has 0 radical (unpaired) electrons. The molecule has 0 bridgehead atoms. The summed E-state index contributed by atoms with van der Waals surface area (Å²) in [6, 6.07) is 14.7. The first-order valence-electron chi connectivity index (χ1n) is 9.01. The summed E-state index contributed by atoms with van der Waals surface area (Å²) in [6.07, 6.45) is 0.502. The second-order valence-corrected chi connectivity index (χ2v) is 6.46. The van der Waals surface area contributed by atoms with Crippen molar-refractivity contribution in [3.8, 4) is 16.9 Å². The van der Waals surface area contributed by atoms with Crippen molar-refractivity contribution in [3.05, 3.63) is 54.1 Å². The number of rotatable bonds is 6. The first kappa shape index (κ1) is 18.9. The molecule has 2 N–H and O–H groups in total. The lowest BCUT2D eigenvalue weighted by Crippen LogP contribution is -2.57. The Labute approximate surface area is 158 Å². The van der Waals surface area contributed by atoms with Gasteiger partial charge in [0.05, 0.1) is 6.61 Å². The van der Waals surface area contributed by atoms with E-state index in [1.165, 1.54) is 0 Å². The van der Waals surface area contributed by atoms with Crippen LogP contribution in [0.2, 0.25) is 0 Å². The molecule has 0 unspecified atom stereocenters. The summed E-state index contributed by atoms with van der Waals surface area (Å²) in [4.78, 5) is 24.5. The van der Waals surface area contributed by atoms with Crippen LogP contribution >= 0.6 is 0 Å². The molecule has 142 valence electrons. The number of carbonyl (C=O) groups excluding carboxylic acids is 1. The van der Waals surface area contributed by atoms with Crippen LogP contribution in [0.25, 0.3) is 11.1 Å². The molecule has 6 heteroatoms. The van der Waals surface area contributed by atoms with E-state index in [-0.39, 0.29) is 12.8 Å². The van der Waals surface area contributed by atoms with E-state index in [1.54, 1.807) is 18.2 Å². The minimum atomic E-state index is -1.28. The van der Waals surface area contributed by atoms with E-state index in [2.05, 4.69) is 5.32 Å². The Kier molecular flexibility index (Phi) is 5.76. The van der Waals surface area contributed by atoms with E-state index in [0.29, 0.717) is 25.4 Å². The van der Waals surface area contributed by atoms with Crippen LogP contribution in [0, 0.1) is 0 Å². The van der Waals surface area contributed by atoms with Gasteiger partial charge in [0.1, 0.15) is 11.3 Å². The number of hydrogen-bond donors (Lipinski definition) is 2. The van der Waals surface area contributed by atoms with Crippen LogP contribution in [0.3, 0.4) is 0 Å². The van der Waals surface area contributed by atoms with Crippen molar-refractivity contribution in [3.63, 3.8) is 0 Å². The monoisotopic (exact) mass is 369 g/mol. The van der Waals surface area contributed by atoms with Gasteiger partial charge in [-0.15, -0.1) is 0 Å². The van der Waals surface area contributed by atoms with Gasteiger partial charge in [0.2, 0.25) is 0 Å².